The molecule has 0 bridgehead atoms. The Hall–Kier alpha value is -3.13. The second-order valence-corrected chi connectivity index (χ2v) is 6.81. The van der Waals surface area contributed by atoms with Crippen LogP contribution in [0.2, 0.25) is 0 Å². The third-order valence-electron chi connectivity index (χ3n) is 3.92. The molecule has 0 aliphatic heterocycles. The summed E-state index contributed by atoms with van der Waals surface area (Å²) in [6.45, 7) is -0.464. The molecule has 2 rings (SSSR count). The maximum absolute atomic E-state index is 12.1. The molecule has 0 unspecified atom stereocenters. The van der Waals surface area contributed by atoms with Gasteiger partial charge in [0.15, 0.2) is 12.4 Å². The molecule has 7 nitrogen and oxygen atoms in total. The van der Waals surface area contributed by atoms with Gasteiger partial charge in [-0.1, -0.05) is 12.1 Å². The molecule has 0 spiro atoms. The zero-order valence-corrected chi connectivity index (χ0v) is 16.9. The van der Waals surface area contributed by atoms with Gasteiger partial charge in [0, 0.05) is 22.6 Å². The first kappa shape index (κ1) is 22.2. The van der Waals surface area contributed by atoms with Gasteiger partial charge in [-0.3, -0.25) is 14.4 Å². The third-order valence-corrected chi connectivity index (χ3v) is 4.67. The summed E-state index contributed by atoms with van der Waals surface area (Å²) in [6.07, 6.45) is 1.85. The maximum Gasteiger partial charge on any atom is 0.337 e. The molecular formula is C21H21NO6S. The third kappa shape index (κ3) is 7.08. The molecule has 1 N–H and O–H groups in total. The number of amides is 1. The van der Waals surface area contributed by atoms with E-state index in [1.165, 1.54) is 31.4 Å². The maximum atomic E-state index is 12.1. The quantitative estimate of drug-likeness (QED) is 0.381. The molecule has 0 heterocycles. The van der Waals surface area contributed by atoms with Crippen LogP contribution in [0.15, 0.2) is 53.4 Å². The van der Waals surface area contributed by atoms with E-state index in [2.05, 4.69) is 10.1 Å². The van der Waals surface area contributed by atoms with Crippen LogP contribution < -0.4 is 5.32 Å². The average Bonchev–Trinajstić information content (AvgIpc) is 2.76. The number of ketones is 1. The molecular weight excluding hydrogens is 394 g/mol. The number of rotatable bonds is 9. The Labute approximate surface area is 172 Å². The van der Waals surface area contributed by atoms with Gasteiger partial charge in [-0.2, -0.15) is 0 Å². The number of Topliss-reactive ketones (excluding diaryl/α,β-unsaturated/α-hetero) is 1. The van der Waals surface area contributed by atoms with E-state index in [-0.39, 0.29) is 18.6 Å². The number of methoxy groups -OCH3 is 1. The molecule has 0 fully saturated rings. The summed E-state index contributed by atoms with van der Waals surface area (Å²) in [4.78, 5) is 48.2. The summed E-state index contributed by atoms with van der Waals surface area (Å²) < 4.78 is 9.49. The van der Waals surface area contributed by atoms with Crippen LogP contribution in [-0.4, -0.2) is 43.6 Å². The van der Waals surface area contributed by atoms with E-state index in [1.807, 2.05) is 18.4 Å². The molecule has 0 radical (unpaired) electrons. The van der Waals surface area contributed by atoms with Crippen molar-refractivity contribution < 1.29 is 28.7 Å². The van der Waals surface area contributed by atoms with Crippen LogP contribution in [0, 0.1) is 0 Å². The van der Waals surface area contributed by atoms with Crippen LogP contribution in [0.3, 0.4) is 0 Å². The second kappa shape index (κ2) is 11.0. The predicted molar refractivity (Wildman–Crippen MR) is 109 cm³/mol. The van der Waals surface area contributed by atoms with Gasteiger partial charge in [0.05, 0.1) is 19.1 Å². The van der Waals surface area contributed by atoms with Gasteiger partial charge in [-0.05, 0) is 42.7 Å². The average molecular weight is 415 g/mol. The lowest BCUT2D eigenvalue weighted by atomic mass is 10.1. The van der Waals surface area contributed by atoms with Gasteiger partial charge >= 0.3 is 11.9 Å². The lowest BCUT2D eigenvalue weighted by Gasteiger charge is -2.07. The molecule has 152 valence electrons. The number of esters is 2. The van der Waals surface area contributed by atoms with Crippen molar-refractivity contribution in [3.8, 4) is 0 Å². The zero-order chi connectivity index (χ0) is 21.2. The molecule has 0 atom stereocenters. The molecule has 0 aliphatic rings. The SMILES string of the molecule is COC(=O)c1ccc(NC(=O)COC(=O)CCC(=O)c2ccc(SC)cc2)cc1. The number of thioether (sulfide) groups is 1. The van der Waals surface area contributed by atoms with Crippen LogP contribution >= 0.6 is 11.8 Å². The number of nitrogens with one attached hydrogen (secondary N) is 1. The fraction of sp³-hybridized carbons (Fsp3) is 0.238. The van der Waals surface area contributed by atoms with E-state index < -0.39 is 24.5 Å². The number of benzene rings is 2. The van der Waals surface area contributed by atoms with Gasteiger partial charge in [0.2, 0.25) is 0 Å². The van der Waals surface area contributed by atoms with Crippen molar-refractivity contribution in [3.63, 3.8) is 0 Å². The predicted octanol–water partition coefficient (Wildman–Crippen LogP) is 3.34. The van der Waals surface area contributed by atoms with Gasteiger partial charge < -0.3 is 14.8 Å². The van der Waals surface area contributed by atoms with E-state index in [1.54, 1.807) is 23.9 Å². The topological polar surface area (TPSA) is 98.8 Å². The number of carbonyl (C=O) groups excluding carboxylic acids is 4. The minimum Gasteiger partial charge on any atom is -0.465 e. The summed E-state index contributed by atoms with van der Waals surface area (Å²) in [5.41, 5.74) is 1.33. The van der Waals surface area contributed by atoms with Crippen molar-refractivity contribution in [2.24, 2.45) is 0 Å². The lowest BCUT2D eigenvalue weighted by molar-refractivity contribution is -0.147. The Morgan fingerprint density at radius 1 is 0.897 bits per heavy atom. The van der Waals surface area contributed by atoms with Crippen LogP contribution in [0.1, 0.15) is 33.6 Å². The highest BCUT2D eigenvalue weighted by molar-refractivity contribution is 7.98. The minimum atomic E-state index is -0.629. The fourth-order valence-electron chi connectivity index (χ4n) is 2.36. The normalized spacial score (nSPS) is 10.1. The summed E-state index contributed by atoms with van der Waals surface area (Å²) in [6, 6.07) is 13.2. The summed E-state index contributed by atoms with van der Waals surface area (Å²) in [7, 11) is 1.28. The number of carbonyl (C=O) groups is 4. The van der Waals surface area contributed by atoms with Gasteiger partial charge in [-0.25, -0.2) is 4.79 Å². The Morgan fingerprint density at radius 3 is 2.10 bits per heavy atom. The second-order valence-electron chi connectivity index (χ2n) is 5.93. The molecule has 2 aromatic rings. The Balaban J connectivity index is 1.73. The van der Waals surface area contributed by atoms with Crippen molar-refractivity contribution in [3.05, 3.63) is 59.7 Å². The largest absolute Gasteiger partial charge is 0.465 e. The molecule has 0 saturated heterocycles. The molecule has 1 amide bonds. The Morgan fingerprint density at radius 2 is 1.52 bits per heavy atom. The van der Waals surface area contributed by atoms with E-state index in [0.717, 1.165) is 4.90 Å². The summed E-state index contributed by atoms with van der Waals surface area (Å²) >= 11 is 1.58. The molecule has 29 heavy (non-hydrogen) atoms. The van der Waals surface area contributed by atoms with Crippen LogP contribution in [0.25, 0.3) is 0 Å². The number of hydrogen-bond donors (Lipinski definition) is 1. The first-order valence-corrected chi connectivity index (χ1v) is 9.96. The van der Waals surface area contributed by atoms with Gasteiger partial charge in [0.1, 0.15) is 0 Å². The van der Waals surface area contributed by atoms with Crippen molar-refractivity contribution in [2.45, 2.75) is 17.7 Å². The van der Waals surface area contributed by atoms with Gasteiger partial charge in [0.25, 0.3) is 5.91 Å². The number of anilines is 1. The standard InChI is InChI=1S/C21H21NO6S/c1-27-21(26)15-3-7-16(8-4-15)22-19(24)13-28-20(25)12-11-18(23)14-5-9-17(29-2)10-6-14/h3-10H,11-13H2,1-2H3,(H,22,24). The minimum absolute atomic E-state index is 0.00799. The lowest BCUT2D eigenvalue weighted by Crippen LogP contribution is -2.21. The van der Waals surface area contributed by atoms with E-state index in [9.17, 15) is 19.2 Å². The molecule has 0 aromatic heterocycles. The molecule has 0 saturated carbocycles. The first-order valence-electron chi connectivity index (χ1n) is 8.74. The van der Waals surface area contributed by atoms with E-state index in [4.69, 9.17) is 4.74 Å². The molecule has 0 aliphatic carbocycles. The van der Waals surface area contributed by atoms with Crippen molar-refractivity contribution in [2.75, 3.05) is 25.3 Å². The van der Waals surface area contributed by atoms with E-state index in [0.29, 0.717) is 16.8 Å². The smallest absolute Gasteiger partial charge is 0.337 e. The van der Waals surface area contributed by atoms with Crippen LogP contribution in [0.4, 0.5) is 5.69 Å². The number of ether oxygens (including phenoxy) is 2. The van der Waals surface area contributed by atoms with Crippen molar-refractivity contribution in [1.29, 1.82) is 0 Å². The zero-order valence-electron chi connectivity index (χ0n) is 16.1. The van der Waals surface area contributed by atoms with Crippen molar-refractivity contribution >= 4 is 41.1 Å². The Kier molecular flexibility index (Phi) is 8.42. The summed E-state index contributed by atoms with van der Waals surface area (Å²) in [5.74, 6) is -1.80. The van der Waals surface area contributed by atoms with Crippen LogP contribution in [-0.2, 0) is 19.1 Å². The van der Waals surface area contributed by atoms with E-state index >= 15 is 0 Å². The molecule has 8 heteroatoms. The first-order chi connectivity index (χ1) is 13.9. The highest BCUT2D eigenvalue weighted by atomic mass is 32.2. The highest BCUT2D eigenvalue weighted by Crippen LogP contribution is 2.16. The Bertz CT molecular complexity index is 877. The van der Waals surface area contributed by atoms with Crippen molar-refractivity contribution in [1.82, 2.24) is 0 Å². The van der Waals surface area contributed by atoms with Gasteiger partial charge in [-0.15, -0.1) is 11.8 Å². The molecule has 2 aromatic carbocycles. The van der Waals surface area contributed by atoms with Crippen LogP contribution in [0.5, 0.6) is 0 Å². The fourth-order valence-corrected chi connectivity index (χ4v) is 2.77. The highest BCUT2D eigenvalue weighted by Gasteiger charge is 2.12. The summed E-state index contributed by atoms with van der Waals surface area (Å²) in [5, 5.41) is 2.55. The monoisotopic (exact) mass is 415 g/mol. The number of hydrogen-bond acceptors (Lipinski definition) is 7.